The van der Waals surface area contributed by atoms with Crippen LogP contribution in [0.5, 0.6) is 23.0 Å². The summed E-state index contributed by atoms with van der Waals surface area (Å²) in [6, 6.07) is 14.0. The lowest BCUT2D eigenvalue weighted by atomic mass is 10.1. The minimum atomic E-state index is 0.664. The van der Waals surface area contributed by atoms with Crippen LogP contribution in [0.2, 0.25) is 0 Å². The van der Waals surface area contributed by atoms with E-state index in [2.05, 4.69) is 32.8 Å². The van der Waals surface area contributed by atoms with Crippen LogP contribution in [0.15, 0.2) is 48.8 Å². The third-order valence-electron chi connectivity index (χ3n) is 5.84. The minimum absolute atomic E-state index is 0.664. The molecule has 0 bridgehead atoms. The molecule has 0 aliphatic heterocycles. The van der Waals surface area contributed by atoms with Crippen LogP contribution in [0.3, 0.4) is 0 Å². The van der Waals surface area contributed by atoms with Gasteiger partial charge in [0.1, 0.15) is 17.8 Å². The molecule has 4 rings (SSSR count). The number of aryl methyl sites for hydroxylation is 1. The molecule has 0 atom stereocenters. The highest BCUT2D eigenvalue weighted by Gasteiger charge is 2.13. The molecule has 8 nitrogen and oxygen atoms in total. The summed E-state index contributed by atoms with van der Waals surface area (Å²) in [6.45, 7) is 3.47. The molecule has 2 aromatic carbocycles. The number of hydrogen-bond donors (Lipinski definition) is 1. The molecule has 8 heteroatoms. The molecule has 0 fully saturated rings. The number of benzene rings is 2. The van der Waals surface area contributed by atoms with Gasteiger partial charge in [0.15, 0.2) is 23.0 Å². The van der Waals surface area contributed by atoms with Gasteiger partial charge in [-0.25, -0.2) is 9.97 Å². The summed E-state index contributed by atoms with van der Waals surface area (Å²) in [5.41, 5.74) is 4.24. The highest BCUT2D eigenvalue weighted by Crippen LogP contribution is 2.30. The van der Waals surface area contributed by atoms with Crippen LogP contribution in [0.4, 0.5) is 5.82 Å². The van der Waals surface area contributed by atoms with Crippen LogP contribution in [-0.4, -0.2) is 49.5 Å². The molecule has 0 amide bonds. The number of aromatic nitrogens is 3. The van der Waals surface area contributed by atoms with Gasteiger partial charge in [0.2, 0.25) is 0 Å². The molecule has 0 aliphatic carbocycles. The molecular weight excluding hydrogens is 432 g/mol. The van der Waals surface area contributed by atoms with Crippen LogP contribution >= 0.6 is 0 Å². The van der Waals surface area contributed by atoms with Gasteiger partial charge in [-0.2, -0.15) is 0 Å². The van der Waals surface area contributed by atoms with Gasteiger partial charge in [0.05, 0.1) is 33.8 Å². The Kier molecular flexibility index (Phi) is 7.06. The monoisotopic (exact) mass is 462 g/mol. The molecule has 34 heavy (non-hydrogen) atoms. The van der Waals surface area contributed by atoms with Gasteiger partial charge in [0.25, 0.3) is 0 Å². The zero-order valence-corrected chi connectivity index (χ0v) is 20.2. The summed E-state index contributed by atoms with van der Waals surface area (Å²) in [7, 11) is 6.56. The van der Waals surface area contributed by atoms with Crippen molar-refractivity contribution in [1.82, 2.24) is 14.5 Å². The molecule has 2 aromatic heterocycles. The van der Waals surface area contributed by atoms with Crippen LogP contribution in [0, 0.1) is 6.92 Å². The van der Waals surface area contributed by atoms with E-state index in [1.807, 2.05) is 36.4 Å². The van der Waals surface area contributed by atoms with Gasteiger partial charge in [-0.1, -0.05) is 12.1 Å². The molecule has 0 radical (unpaired) electrons. The minimum Gasteiger partial charge on any atom is -0.493 e. The fourth-order valence-electron chi connectivity index (χ4n) is 4.05. The summed E-state index contributed by atoms with van der Waals surface area (Å²) < 4.78 is 23.7. The zero-order chi connectivity index (χ0) is 24.1. The zero-order valence-electron chi connectivity index (χ0n) is 20.2. The normalized spacial score (nSPS) is 10.9. The van der Waals surface area contributed by atoms with Gasteiger partial charge in [-0.3, -0.25) is 0 Å². The van der Waals surface area contributed by atoms with E-state index in [-0.39, 0.29) is 0 Å². The molecule has 0 aliphatic rings. The lowest BCUT2D eigenvalue weighted by molar-refractivity contribution is 0.354. The highest BCUT2D eigenvalue weighted by atomic mass is 16.5. The van der Waals surface area contributed by atoms with Crippen molar-refractivity contribution >= 4 is 16.9 Å². The summed E-state index contributed by atoms with van der Waals surface area (Å²) in [5.74, 6) is 3.69. The smallest absolute Gasteiger partial charge is 0.161 e. The van der Waals surface area contributed by atoms with E-state index in [0.29, 0.717) is 18.0 Å². The quantitative estimate of drug-likeness (QED) is 0.372. The third kappa shape index (κ3) is 4.71. The molecule has 0 spiro atoms. The number of rotatable bonds is 10. The standard InChI is InChI=1S/C26H30N4O4/c1-17-12-20-25(27-11-10-18-6-8-21(31-2)23(13-18)33-4)28-16-29-26(20)30(17)15-19-7-9-22(32-3)24(14-19)34-5/h6-9,12-14,16H,10-11,15H2,1-5H3,(H,27,28,29). The Morgan fingerprint density at radius 2 is 1.38 bits per heavy atom. The number of methoxy groups -OCH3 is 4. The van der Waals surface area contributed by atoms with Crippen molar-refractivity contribution in [3.8, 4) is 23.0 Å². The van der Waals surface area contributed by atoms with Crippen molar-refractivity contribution in [3.63, 3.8) is 0 Å². The Balaban J connectivity index is 1.52. The number of nitrogens with one attached hydrogen (secondary N) is 1. The topological polar surface area (TPSA) is 79.7 Å². The van der Waals surface area contributed by atoms with Crippen molar-refractivity contribution < 1.29 is 18.9 Å². The maximum absolute atomic E-state index is 5.46. The van der Waals surface area contributed by atoms with Crippen molar-refractivity contribution in [2.45, 2.75) is 19.9 Å². The van der Waals surface area contributed by atoms with Crippen molar-refractivity contribution in [2.24, 2.45) is 0 Å². The lowest BCUT2D eigenvalue weighted by Gasteiger charge is -2.12. The van der Waals surface area contributed by atoms with E-state index in [9.17, 15) is 0 Å². The Hall–Kier alpha value is -3.94. The first kappa shape index (κ1) is 23.2. The van der Waals surface area contributed by atoms with Crippen molar-refractivity contribution in [1.29, 1.82) is 0 Å². The van der Waals surface area contributed by atoms with E-state index < -0.39 is 0 Å². The van der Waals surface area contributed by atoms with Crippen LogP contribution in [0.25, 0.3) is 11.0 Å². The third-order valence-corrected chi connectivity index (χ3v) is 5.84. The first-order chi connectivity index (χ1) is 16.6. The number of ether oxygens (including phenoxy) is 4. The largest absolute Gasteiger partial charge is 0.493 e. The van der Waals surface area contributed by atoms with Gasteiger partial charge in [0, 0.05) is 18.8 Å². The molecular formula is C26H30N4O4. The number of anilines is 1. The molecule has 0 saturated heterocycles. The molecule has 2 heterocycles. The summed E-state index contributed by atoms with van der Waals surface area (Å²) in [4.78, 5) is 9.06. The SMILES string of the molecule is COc1ccc(CCNc2ncnc3c2cc(C)n3Cc2ccc(OC)c(OC)c2)cc1OC. The number of nitrogens with zero attached hydrogens (tertiary/aromatic N) is 3. The second kappa shape index (κ2) is 10.3. The Bertz CT molecular complexity index is 1290. The molecule has 0 unspecified atom stereocenters. The van der Waals surface area contributed by atoms with E-state index in [1.54, 1.807) is 34.8 Å². The van der Waals surface area contributed by atoms with Gasteiger partial charge >= 0.3 is 0 Å². The Morgan fingerprint density at radius 3 is 2.03 bits per heavy atom. The maximum Gasteiger partial charge on any atom is 0.161 e. The van der Waals surface area contributed by atoms with E-state index >= 15 is 0 Å². The molecule has 0 saturated carbocycles. The number of hydrogen-bond acceptors (Lipinski definition) is 7. The predicted octanol–water partition coefficient (Wildman–Crippen LogP) is 4.48. The first-order valence-electron chi connectivity index (χ1n) is 11.0. The average Bonchev–Trinajstić information content (AvgIpc) is 3.19. The Morgan fingerprint density at radius 1 is 0.765 bits per heavy atom. The summed E-state index contributed by atoms with van der Waals surface area (Å²) in [6.07, 6.45) is 2.42. The second-order valence-electron chi connectivity index (χ2n) is 7.89. The van der Waals surface area contributed by atoms with E-state index in [0.717, 1.165) is 58.1 Å². The fourth-order valence-corrected chi connectivity index (χ4v) is 4.05. The maximum atomic E-state index is 5.46. The van der Waals surface area contributed by atoms with Crippen LogP contribution < -0.4 is 24.3 Å². The summed E-state index contributed by atoms with van der Waals surface area (Å²) in [5, 5.41) is 4.46. The van der Waals surface area contributed by atoms with E-state index in [1.165, 1.54) is 0 Å². The van der Waals surface area contributed by atoms with Crippen LogP contribution in [0.1, 0.15) is 16.8 Å². The molecule has 1 N–H and O–H groups in total. The first-order valence-corrected chi connectivity index (χ1v) is 11.0. The van der Waals surface area contributed by atoms with Crippen molar-refractivity contribution in [2.75, 3.05) is 40.3 Å². The van der Waals surface area contributed by atoms with Gasteiger partial charge < -0.3 is 28.8 Å². The fraction of sp³-hybridized carbons (Fsp3) is 0.308. The summed E-state index contributed by atoms with van der Waals surface area (Å²) >= 11 is 0. The van der Waals surface area contributed by atoms with E-state index in [4.69, 9.17) is 18.9 Å². The Labute approximate surface area is 199 Å². The van der Waals surface area contributed by atoms with Crippen LogP contribution in [-0.2, 0) is 13.0 Å². The average molecular weight is 463 g/mol. The predicted molar refractivity (Wildman–Crippen MR) is 133 cm³/mol. The molecule has 4 aromatic rings. The lowest BCUT2D eigenvalue weighted by Crippen LogP contribution is -2.08. The van der Waals surface area contributed by atoms with Gasteiger partial charge in [-0.05, 0) is 54.8 Å². The van der Waals surface area contributed by atoms with Crippen molar-refractivity contribution in [3.05, 3.63) is 65.6 Å². The van der Waals surface area contributed by atoms with Gasteiger partial charge in [-0.15, -0.1) is 0 Å². The second-order valence-corrected chi connectivity index (χ2v) is 7.89. The molecule has 178 valence electrons. The highest BCUT2D eigenvalue weighted by molar-refractivity contribution is 5.88. The number of fused-ring (bicyclic) bond motifs is 1.